The highest BCUT2D eigenvalue weighted by molar-refractivity contribution is 6.48. The smallest absolute Gasteiger partial charge is 0.289 e. The molecular formula is C11H4Cl5F6NO. The average Bonchev–Trinajstić information content (AvgIpc) is 2.41. The number of amides is 1. The van der Waals surface area contributed by atoms with Crippen LogP contribution in [0.3, 0.4) is 0 Å². The Hall–Kier alpha value is -0.280. The Morgan fingerprint density at radius 1 is 0.875 bits per heavy atom. The van der Waals surface area contributed by atoms with Crippen LogP contribution in [0.1, 0.15) is 10.4 Å². The lowest BCUT2D eigenvalue weighted by Crippen LogP contribution is -2.53. The van der Waals surface area contributed by atoms with Gasteiger partial charge in [0.05, 0.1) is 15.1 Å². The number of carbonyl (C=O) groups is 1. The van der Waals surface area contributed by atoms with Gasteiger partial charge in [0.25, 0.3) is 5.91 Å². The predicted octanol–water partition coefficient (Wildman–Crippen LogP) is 6.34. The second kappa shape index (κ2) is 7.53. The monoisotopic (exact) mass is 455 g/mol. The third-order valence-electron chi connectivity index (χ3n) is 2.49. The van der Waals surface area contributed by atoms with E-state index >= 15 is 0 Å². The molecule has 1 rings (SSSR count). The van der Waals surface area contributed by atoms with Crippen LogP contribution in [0.15, 0.2) is 12.1 Å². The van der Waals surface area contributed by atoms with Gasteiger partial charge in [-0.1, -0.05) is 58.0 Å². The van der Waals surface area contributed by atoms with Gasteiger partial charge < -0.3 is 0 Å². The fourth-order valence-electron chi connectivity index (χ4n) is 1.46. The summed E-state index contributed by atoms with van der Waals surface area (Å²) in [5.74, 6) is -1.79. The van der Waals surface area contributed by atoms with Crippen molar-refractivity contribution in [1.29, 1.82) is 0 Å². The summed E-state index contributed by atoms with van der Waals surface area (Å²) < 4.78 is 76.3. The van der Waals surface area contributed by atoms with Crippen molar-refractivity contribution in [1.82, 2.24) is 4.90 Å². The van der Waals surface area contributed by atoms with E-state index in [4.69, 9.17) is 58.0 Å². The Bertz CT molecular complexity index is 591. The molecule has 2 atom stereocenters. The Kier molecular flexibility index (Phi) is 6.83. The highest BCUT2D eigenvalue weighted by Crippen LogP contribution is 2.38. The number of benzene rings is 1. The van der Waals surface area contributed by atoms with Crippen LogP contribution in [0.4, 0.5) is 26.3 Å². The lowest BCUT2D eigenvalue weighted by Gasteiger charge is -2.33. The number of carbonyl (C=O) groups excluding carboxylic acids is 1. The number of alkyl halides is 8. The van der Waals surface area contributed by atoms with Crippen molar-refractivity contribution in [3.05, 3.63) is 32.8 Å². The largest absolute Gasteiger partial charge is 0.423 e. The number of hydrogen-bond donors (Lipinski definition) is 0. The van der Waals surface area contributed by atoms with Crippen molar-refractivity contribution in [2.24, 2.45) is 0 Å². The summed E-state index contributed by atoms with van der Waals surface area (Å²) >= 11 is 26.8. The zero-order chi connectivity index (χ0) is 19.0. The first-order valence-electron chi connectivity index (χ1n) is 5.56. The second-order valence-corrected chi connectivity index (χ2v) is 6.24. The Labute approximate surface area is 156 Å². The molecule has 1 aromatic carbocycles. The van der Waals surface area contributed by atoms with Crippen LogP contribution >= 0.6 is 58.0 Å². The van der Waals surface area contributed by atoms with Crippen molar-refractivity contribution < 1.29 is 31.1 Å². The Morgan fingerprint density at radius 3 is 1.50 bits per heavy atom. The number of rotatable bonds is 3. The lowest BCUT2D eigenvalue weighted by atomic mass is 10.2. The van der Waals surface area contributed by atoms with Crippen LogP contribution in [-0.4, -0.2) is 34.2 Å². The molecule has 2 nitrogen and oxygen atoms in total. The van der Waals surface area contributed by atoms with Crippen molar-refractivity contribution in [2.75, 3.05) is 0 Å². The van der Waals surface area contributed by atoms with Gasteiger partial charge in [0.2, 0.25) is 11.0 Å². The van der Waals surface area contributed by atoms with E-state index in [0.29, 0.717) is 0 Å². The summed E-state index contributed by atoms with van der Waals surface area (Å²) in [6.07, 6.45) is -10.8. The van der Waals surface area contributed by atoms with E-state index < -0.39 is 39.7 Å². The van der Waals surface area contributed by atoms with Gasteiger partial charge in [-0.3, -0.25) is 9.69 Å². The van der Waals surface area contributed by atoms with Crippen molar-refractivity contribution in [3.63, 3.8) is 0 Å². The van der Waals surface area contributed by atoms with Gasteiger partial charge in [0.15, 0.2) is 0 Å². The average molecular weight is 457 g/mol. The third kappa shape index (κ3) is 4.88. The van der Waals surface area contributed by atoms with Crippen molar-refractivity contribution >= 4 is 63.9 Å². The summed E-state index contributed by atoms with van der Waals surface area (Å²) in [6, 6.07) is 1.48. The molecule has 0 heterocycles. The maximum atomic E-state index is 12.7. The zero-order valence-corrected chi connectivity index (χ0v) is 14.6. The highest BCUT2D eigenvalue weighted by Gasteiger charge is 2.53. The molecular weight excluding hydrogens is 453 g/mol. The minimum absolute atomic E-state index is 0.238. The van der Waals surface area contributed by atoms with Gasteiger partial charge in [-0.05, 0) is 12.1 Å². The van der Waals surface area contributed by atoms with Crippen LogP contribution in [-0.2, 0) is 0 Å². The molecule has 0 fully saturated rings. The SMILES string of the molecule is O=C(c1cc(Cl)c(Cl)c(Cl)c1)N(C(Cl)C(F)(F)F)C(Cl)C(F)(F)F. The first kappa shape index (κ1) is 21.8. The van der Waals surface area contributed by atoms with E-state index in [9.17, 15) is 31.1 Å². The molecule has 0 aliphatic rings. The first-order chi connectivity index (χ1) is 10.7. The van der Waals surface area contributed by atoms with Crippen LogP contribution in [0.2, 0.25) is 15.1 Å². The quantitative estimate of drug-likeness (QED) is 0.224. The fourth-order valence-corrected chi connectivity index (χ4v) is 2.52. The van der Waals surface area contributed by atoms with E-state index in [1.165, 1.54) is 0 Å². The topological polar surface area (TPSA) is 20.3 Å². The number of nitrogens with zero attached hydrogens (tertiary/aromatic N) is 1. The number of halogens is 11. The summed E-state index contributed by atoms with van der Waals surface area (Å²) in [5, 5.41) is -0.953. The predicted molar refractivity (Wildman–Crippen MR) is 79.0 cm³/mol. The molecule has 0 aromatic heterocycles. The Balaban J connectivity index is 3.42. The van der Waals surface area contributed by atoms with Gasteiger partial charge in [0, 0.05) is 5.56 Å². The van der Waals surface area contributed by atoms with E-state index in [1.54, 1.807) is 0 Å². The molecule has 24 heavy (non-hydrogen) atoms. The molecule has 0 saturated carbocycles. The molecule has 0 aliphatic heterocycles. The highest BCUT2D eigenvalue weighted by atomic mass is 35.5. The minimum atomic E-state index is -5.38. The maximum Gasteiger partial charge on any atom is 0.423 e. The summed E-state index contributed by atoms with van der Waals surface area (Å²) in [5.41, 5.74) is -7.40. The van der Waals surface area contributed by atoms with Gasteiger partial charge in [-0.25, -0.2) is 0 Å². The molecule has 0 radical (unpaired) electrons. The van der Waals surface area contributed by atoms with Gasteiger partial charge in [0.1, 0.15) is 0 Å². The molecule has 1 amide bonds. The van der Waals surface area contributed by atoms with Gasteiger partial charge in [-0.15, -0.1) is 0 Å². The maximum absolute atomic E-state index is 12.7. The molecule has 0 bridgehead atoms. The van der Waals surface area contributed by atoms with Crippen LogP contribution in [0, 0.1) is 0 Å². The molecule has 0 spiro atoms. The van der Waals surface area contributed by atoms with E-state index in [-0.39, 0.29) is 15.1 Å². The molecule has 0 aliphatic carbocycles. The molecule has 136 valence electrons. The minimum Gasteiger partial charge on any atom is -0.289 e. The summed E-state index contributed by atoms with van der Waals surface area (Å²) in [7, 11) is 0. The summed E-state index contributed by atoms with van der Waals surface area (Å²) in [6.45, 7) is 0. The zero-order valence-electron chi connectivity index (χ0n) is 10.8. The van der Waals surface area contributed by atoms with Crippen molar-refractivity contribution in [2.45, 2.75) is 23.4 Å². The second-order valence-electron chi connectivity index (χ2n) is 4.22. The first-order valence-corrected chi connectivity index (χ1v) is 7.57. The van der Waals surface area contributed by atoms with Gasteiger partial charge >= 0.3 is 12.4 Å². The normalized spacial score (nSPS) is 15.1. The van der Waals surface area contributed by atoms with Gasteiger partial charge in [-0.2, -0.15) is 26.3 Å². The molecule has 0 N–H and O–H groups in total. The lowest BCUT2D eigenvalue weighted by molar-refractivity contribution is -0.190. The molecule has 0 saturated heterocycles. The van der Waals surface area contributed by atoms with E-state index in [1.807, 2.05) is 0 Å². The van der Waals surface area contributed by atoms with Crippen LogP contribution < -0.4 is 0 Å². The third-order valence-corrected chi connectivity index (χ3v) is 4.61. The number of hydrogen-bond acceptors (Lipinski definition) is 1. The Morgan fingerprint density at radius 2 is 1.21 bits per heavy atom. The molecule has 1 aromatic rings. The van der Waals surface area contributed by atoms with Crippen molar-refractivity contribution in [3.8, 4) is 0 Å². The molecule has 13 heteroatoms. The van der Waals surface area contributed by atoms with Crippen LogP contribution in [0.5, 0.6) is 0 Å². The molecule has 2 unspecified atom stereocenters. The fraction of sp³-hybridized carbons (Fsp3) is 0.364. The standard InChI is InChI=1S/C11H4Cl5F6NO/c12-4-1-3(2-5(13)6(4)14)7(24)23(8(15)10(17,18)19)9(16)11(20,21)22/h1-2,8-9H. The van der Waals surface area contributed by atoms with Crippen LogP contribution in [0.25, 0.3) is 0 Å². The summed E-state index contributed by atoms with van der Waals surface area (Å²) in [4.78, 5) is 11.4. The van der Waals surface area contributed by atoms with E-state index in [0.717, 1.165) is 12.1 Å². The van der Waals surface area contributed by atoms with E-state index in [2.05, 4.69) is 0 Å².